The van der Waals surface area contributed by atoms with Crippen molar-refractivity contribution >= 4 is 24.1 Å². The minimum atomic E-state index is -0.786. The Hall–Kier alpha value is -5.59. The van der Waals surface area contributed by atoms with E-state index >= 15 is 0 Å². The van der Waals surface area contributed by atoms with Crippen LogP contribution in [0.3, 0.4) is 0 Å². The lowest BCUT2D eigenvalue weighted by molar-refractivity contribution is -0.139. The van der Waals surface area contributed by atoms with Crippen molar-refractivity contribution in [1.29, 1.82) is 0 Å². The van der Waals surface area contributed by atoms with Crippen molar-refractivity contribution in [3.05, 3.63) is 94.4 Å². The molecule has 3 amide bonds. The maximum absolute atomic E-state index is 13.5. The van der Waals surface area contributed by atoms with Gasteiger partial charge >= 0.3 is 12.0 Å². The predicted molar refractivity (Wildman–Crippen MR) is 166 cm³/mol. The molecular weight excluding hydrogens is 599 g/mol. The first-order chi connectivity index (χ1) is 22.2. The predicted octanol–water partition coefficient (Wildman–Crippen LogP) is 4.53. The Morgan fingerprint density at radius 2 is 1.74 bits per heavy atom. The summed E-state index contributed by atoms with van der Waals surface area (Å²) in [5.74, 6) is 0.0580. The number of allylic oxidation sites excluding steroid dienone is 1. The molecule has 0 spiro atoms. The van der Waals surface area contributed by atoms with Crippen LogP contribution < -0.4 is 35.0 Å². The second kappa shape index (κ2) is 15.9. The molecule has 0 saturated carbocycles. The normalized spacial score (nSPS) is 14.3. The van der Waals surface area contributed by atoms with Gasteiger partial charge in [-0.25, -0.2) is 19.4 Å². The molecule has 46 heavy (non-hydrogen) atoms. The van der Waals surface area contributed by atoms with E-state index in [4.69, 9.17) is 23.7 Å². The van der Waals surface area contributed by atoms with Crippen LogP contribution in [0, 0.1) is 5.82 Å². The van der Waals surface area contributed by atoms with Crippen molar-refractivity contribution in [2.24, 2.45) is 5.10 Å². The van der Waals surface area contributed by atoms with Gasteiger partial charge in [0.25, 0.3) is 5.91 Å². The quantitative estimate of drug-likeness (QED) is 0.133. The number of esters is 1. The molecule has 0 saturated heterocycles. The Kier molecular flexibility index (Phi) is 11.5. The molecule has 4 rings (SSSR count). The number of carbonyl (C=O) groups is 3. The summed E-state index contributed by atoms with van der Waals surface area (Å²) in [4.78, 5) is 37.2. The van der Waals surface area contributed by atoms with Crippen molar-refractivity contribution in [3.63, 3.8) is 0 Å². The molecule has 0 radical (unpaired) electrons. The summed E-state index contributed by atoms with van der Waals surface area (Å²) < 4.78 is 41.3. The van der Waals surface area contributed by atoms with Gasteiger partial charge in [0.2, 0.25) is 0 Å². The molecule has 0 fully saturated rings. The van der Waals surface area contributed by atoms with Gasteiger partial charge in [-0.2, -0.15) is 5.10 Å². The molecule has 3 N–H and O–H groups in total. The SMILES string of the molecule is CCOC(=O)C1=C(C)NC(=O)N[C@@H]1c1ccc(OCC(=O)N/N=C\c2ccc(OCc3cccc(F)c3)c(OCC)c2)c(OC)c1. The number of urea groups is 1. The highest BCUT2D eigenvalue weighted by Crippen LogP contribution is 2.34. The minimum Gasteiger partial charge on any atom is -0.493 e. The second-order valence-corrected chi connectivity index (χ2v) is 9.84. The van der Waals surface area contributed by atoms with Crippen LogP contribution in [0.1, 0.15) is 43.5 Å². The first-order valence-corrected chi connectivity index (χ1v) is 14.4. The molecule has 1 atom stereocenters. The molecule has 3 aromatic rings. The maximum atomic E-state index is 13.5. The number of carbonyl (C=O) groups excluding carboxylic acids is 3. The molecule has 242 valence electrons. The van der Waals surface area contributed by atoms with Crippen LogP contribution in [0.2, 0.25) is 0 Å². The van der Waals surface area contributed by atoms with Gasteiger partial charge in [0.1, 0.15) is 12.4 Å². The third kappa shape index (κ3) is 8.74. The molecule has 1 heterocycles. The van der Waals surface area contributed by atoms with E-state index in [2.05, 4.69) is 21.2 Å². The van der Waals surface area contributed by atoms with E-state index in [0.717, 1.165) is 0 Å². The van der Waals surface area contributed by atoms with Crippen LogP contribution >= 0.6 is 0 Å². The number of nitrogens with zero attached hydrogens (tertiary/aromatic N) is 1. The van der Waals surface area contributed by atoms with Crippen molar-refractivity contribution in [1.82, 2.24) is 16.1 Å². The molecule has 0 aromatic heterocycles. The van der Waals surface area contributed by atoms with Gasteiger partial charge in [-0.3, -0.25) is 4.79 Å². The van der Waals surface area contributed by atoms with E-state index in [1.165, 1.54) is 25.5 Å². The zero-order valence-corrected chi connectivity index (χ0v) is 25.8. The Morgan fingerprint density at radius 3 is 2.48 bits per heavy atom. The van der Waals surface area contributed by atoms with Crippen molar-refractivity contribution in [3.8, 4) is 23.0 Å². The lowest BCUT2D eigenvalue weighted by atomic mass is 9.95. The number of halogens is 1. The lowest BCUT2D eigenvalue weighted by Crippen LogP contribution is -2.45. The number of ether oxygens (including phenoxy) is 5. The number of hydrogen-bond acceptors (Lipinski definition) is 9. The number of hydrazone groups is 1. The molecule has 0 aliphatic carbocycles. The van der Waals surface area contributed by atoms with Crippen LogP contribution in [-0.4, -0.2) is 51.1 Å². The first-order valence-electron chi connectivity index (χ1n) is 14.4. The Morgan fingerprint density at radius 1 is 0.957 bits per heavy atom. The minimum absolute atomic E-state index is 0.162. The molecule has 13 heteroatoms. The summed E-state index contributed by atoms with van der Waals surface area (Å²) in [6, 6.07) is 14.9. The molecule has 0 unspecified atom stereocenters. The van der Waals surface area contributed by atoms with Crippen LogP contribution in [0.25, 0.3) is 0 Å². The van der Waals surface area contributed by atoms with Gasteiger partial charge in [0.15, 0.2) is 29.6 Å². The van der Waals surface area contributed by atoms with Crippen molar-refractivity contribution < 1.29 is 42.5 Å². The summed E-state index contributed by atoms with van der Waals surface area (Å²) >= 11 is 0. The summed E-state index contributed by atoms with van der Waals surface area (Å²) in [6.07, 6.45) is 1.44. The van der Waals surface area contributed by atoms with Crippen LogP contribution in [-0.2, 0) is 20.9 Å². The molecular formula is C33H35FN4O8. The number of amides is 3. The van der Waals surface area contributed by atoms with E-state index in [1.54, 1.807) is 62.4 Å². The number of rotatable bonds is 14. The fourth-order valence-corrected chi connectivity index (χ4v) is 4.54. The maximum Gasteiger partial charge on any atom is 0.338 e. The van der Waals surface area contributed by atoms with Gasteiger partial charge in [0.05, 0.1) is 38.2 Å². The van der Waals surface area contributed by atoms with E-state index in [-0.39, 0.29) is 42.7 Å². The summed E-state index contributed by atoms with van der Waals surface area (Å²) in [5.41, 5.74) is 4.90. The number of methoxy groups -OCH3 is 1. The number of nitrogens with one attached hydrogen (secondary N) is 3. The van der Waals surface area contributed by atoms with E-state index in [0.29, 0.717) is 40.5 Å². The Bertz CT molecular complexity index is 1640. The van der Waals surface area contributed by atoms with Gasteiger partial charge < -0.3 is 34.3 Å². The molecule has 1 aliphatic rings. The van der Waals surface area contributed by atoms with E-state index < -0.39 is 23.9 Å². The number of hydrogen-bond donors (Lipinski definition) is 3. The standard InChI is InChI=1S/C33H35FN4O8/c1-5-43-28-15-21(10-12-26(28)45-18-22-8-7-9-24(34)14-22)17-35-38-29(39)19-46-25-13-11-23(16-27(25)42-4)31-30(32(40)44-6-2)20(3)36-33(41)37-31/h7-17,31H,5-6,18-19H2,1-4H3,(H,38,39)(H2,36,37,41)/b35-17-/t31-/m1/s1. The van der Waals surface area contributed by atoms with Crippen molar-refractivity contribution in [2.75, 3.05) is 26.9 Å². The van der Waals surface area contributed by atoms with Gasteiger partial charge in [-0.1, -0.05) is 18.2 Å². The van der Waals surface area contributed by atoms with Crippen LogP contribution in [0.15, 0.2) is 77.0 Å². The summed E-state index contributed by atoms with van der Waals surface area (Å²) in [7, 11) is 1.43. The third-order valence-electron chi connectivity index (χ3n) is 6.60. The monoisotopic (exact) mass is 634 g/mol. The zero-order valence-electron chi connectivity index (χ0n) is 25.8. The van der Waals surface area contributed by atoms with Crippen molar-refractivity contribution in [2.45, 2.75) is 33.4 Å². The smallest absolute Gasteiger partial charge is 0.338 e. The molecule has 0 bridgehead atoms. The van der Waals surface area contributed by atoms with E-state index in [1.807, 2.05) is 6.92 Å². The molecule has 1 aliphatic heterocycles. The van der Waals surface area contributed by atoms with Crippen LogP contribution in [0.5, 0.6) is 23.0 Å². The molecule has 3 aromatic carbocycles. The fraction of sp³-hybridized carbons (Fsp3) is 0.273. The lowest BCUT2D eigenvalue weighted by Gasteiger charge is -2.28. The molecule has 12 nitrogen and oxygen atoms in total. The van der Waals surface area contributed by atoms with Gasteiger partial charge in [0, 0.05) is 5.70 Å². The fourth-order valence-electron chi connectivity index (χ4n) is 4.54. The average Bonchev–Trinajstić information content (AvgIpc) is 3.03. The first kappa shape index (κ1) is 33.3. The summed E-state index contributed by atoms with van der Waals surface area (Å²) in [5, 5.41) is 9.30. The zero-order chi connectivity index (χ0) is 33.1. The van der Waals surface area contributed by atoms with Gasteiger partial charge in [-0.15, -0.1) is 0 Å². The highest BCUT2D eigenvalue weighted by atomic mass is 19.1. The van der Waals surface area contributed by atoms with Crippen LogP contribution in [0.4, 0.5) is 9.18 Å². The second-order valence-electron chi connectivity index (χ2n) is 9.84. The number of benzene rings is 3. The Labute approximate surface area is 265 Å². The highest BCUT2D eigenvalue weighted by Gasteiger charge is 2.32. The van der Waals surface area contributed by atoms with Gasteiger partial charge in [-0.05, 0) is 79.9 Å². The van der Waals surface area contributed by atoms with E-state index in [9.17, 15) is 18.8 Å². The largest absolute Gasteiger partial charge is 0.493 e. The summed E-state index contributed by atoms with van der Waals surface area (Å²) in [6.45, 7) is 5.50. The Balaban J connectivity index is 1.36. The highest BCUT2D eigenvalue weighted by molar-refractivity contribution is 5.95. The third-order valence-corrected chi connectivity index (χ3v) is 6.60. The topological polar surface area (TPSA) is 146 Å². The average molecular weight is 635 g/mol.